The summed E-state index contributed by atoms with van der Waals surface area (Å²) in [4.78, 5) is 31.8. The number of nitrogens with one attached hydrogen (secondary N) is 1. The summed E-state index contributed by atoms with van der Waals surface area (Å²) in [6, 6.07) is 8.10. The first-order valence-corrected chi connectivity index (χ1v) is 6.96. The number of alkyl halides is 3. The summed E-state index contributed by atoms with van der Waals surface area (Å²) < 4.78 is 36.3. The molecule has 0 bridgehead atoms. The number of halogens is 3. The lowest BCUT2D eigenvalue weighted by molar-refractivity contribution is -0.192. The van der Waals surface area contributed by atoms with E-state index in [0.717, 1.165) is 5.56 Å². The minimum absolute atomic E-state index is 0.364. The van der Waals surface area contributed by atoms with Gasteiger partial charge in [0, 0.05) is 0 Å². The van der Waals surface area contributed by atoms with E-state index in [2.05, 4.69) is 10.1 Å². The van der Waals surface area contributed by atoms with Gasteiger partial charge in [-0.25, -0.2) is 9.59 Å². The second-order valence-corrected chi connectivity index (χ2v) is 4.85. The molecular formula is C15H19F3N2O5. The number of hydrogen-bond acceptors (Lipinski definition) is 5. The molecule has 1 aromatic rings. The molecule has 1 aromatic carbocycles. The smallest absolute Gasteiger partial charge is 0.475 e. The molecule has 0 spiro atoms. The highest BCUT2D eigenvalue weighted by atomic mass is 19.4. The van der Waals surface area contributed by atoms with Gasteiger partial charge in [0.2, 0.25) is 5.91 Å². The number of ether oxygens (including phenoxy) is 1. The van der Waals surface area contributed by atoms with Crippen LogP contribution in [0.3, 0.4) is 0 Å². The number of hydrogen-bond donors (Lipinski definition) is 3. The van der Waals surface area contributed by atoms with E-state index < -0.39 is 30.2 Å². The van der Waals surface area contributed by atoms with Crippen LogP contribution in [0.5, 0.6) is 0 Å². The number of carbonyl (C=O) groups is 3. The van der Waals surface area contributed by atoms with Gasteiger partial charge < -0.3 is 20.9 Å². The largest absolute Gasteiger partial charge is 0.490 e. The highest BCUT2D eigenvalue weighted by Gasteiger charge is 2.38. The van der Waals surface area contributed by atoms with Crippen LogP contribution in [0, 0.1) is 0 Å². The first-order valence-electron chi connectivity index (χ1n) is 6.96. The normalized spacial score (nSPS) is 12.9. The number of carbonyl (C=O) groups excluding carboxylic acids is 2. The Hall–Kier alpha value is -2.62. The molecule has 0 aliphatic heterocycles. The fourth-order valence-corrected chi connectivity index (χ4v) is 1.52. The zero-order valence-corrected chi connectivity index (χ0v) is 13.5. The van der Waals surface area contributed by atoms with Gasteiger partial charge in [-0.2, -0.15) is 13.2 Å². The molecule has 0 aliphatic carbocycles. The average Bonchev–Trinajstić information content (AvgIpc) is 2.54. The molecule has 0 fully saturated rings. The number of amides is 1. The van der Waals surface area contributed by atoms with E-state index in [1.807, 2.05) is 30.3 Å². The number of aliphatic carboxylic acids is 1. The van der Waals surface area contributed by atoms with E-state index in [1.165, 1.54) is 7.11 Å². The van der Waals surface area contributed by atoms with Gasteiger partial charge in [-0.1, -0.05) is 30.3 Å². The van der Waals surface area contributed by atoms with Gasteiger partial charge in [-0.05, 0) is 18.9 Å². The molecule has 2 atom stereocenters. The van der Waals surface area contributed by atoms with Gasteiger partial charge in [-0.15, -0.1) is 0 Å². The number of benzene rings is 1. The van der Waals surface area contributed by atoms with Gasteiger partial charge in [0.1, 0.15) is 6.04 Å². The van der Waals surface area contributed by atoms with Crippen molar-refractivity contribution in [1.82, 2.24) is 5.32 Å². The van der Waals surface area contributed by atoms with Crippen LogP contribution < -0.4 is 11.1 Å². The Morgan fingerprint density at radius 3 is 2.12 bits per heavy atom. The molecule has 0 heterocycles. The number of methoxy groups -OCH3 is 1. The SMILES string of the molecule is COC(=O)[C@H](C)NC(=O)[C@@H](N)Cc1ccccc1.O=C(O)C(F)(F)F. The predicted octanol–water partition coefficient (Wildman–Crippen LogP) is 0.867. The quantitative estimate of drug-likeness (QED) is 0.667. The zero-order chi connectivity index (χ0) is 19.6. The molecule has 1 rings (SSSR count). The Bertz CT molecular complexity index is 578. The highest BCUT2D eigenvalue weighted by molar-refractivity contribution is 5.87. The van der Waals surface area contributed by atoms with Crippen molar-refractivity contribution in [2.75, 3.05) is 7.11 Å². The van der Waals surface area contributed by atoms with Gasteiger partial charge in [0.15, 0.2) is 0 Å². The second kappa shape index (κ2) is 10.3. The maximum absolute atomic E-state index is 11.7. The molecule has 4 N–H and O–H groups in total. The van der Waals surface area contributed by atoms with E-state index in [9.17, 15) is 22.8 Å². The van der Waals surface area contributed by atoms with Gasteiger partial charge in [0.05, 0.1) is 13.2 Å². The maximum atomic E-state index is 11.7. The molecule has 0 radical (unpaired) electrons. The van der Waals surface area contributed by atoms with Crippen molar-refractivity contribution >= 4 is 17.8 Å². The van der Waals surface area contributed by atoms with Crippen LogP contribution in [0.4, 0.5) is 13.2 Å². The second-order valence-electron chi connectivity index (χ2n) is 4.85. The number of carboxylic acid groups (broad SMARTS) is 1. The Morgan fingerprint density at radius 1 is 1.24 bits per heavy atom. The fraction of sp³-hybridized carbons (Fsp3) is 0.400. The monoisotopic (exact) mass is 364 g/mol. The molecule has 10 heteroatoms. The third-order valence-electron chi connectivity index (χ3n) is 2.79. The van der Waals surface area contributed by atoms with Crippen molar-refractivity contribution in [2.45, 2.75) is 31.6 Å². The minimum Gasteiger partial charge on any atom is -0.475 e. The van der Waals surface area contributed by atoms with Gasteiger partial charge >= 0.3 is 18.1 Å². The van der Waals surface area contributed by atoms with Crippen molar-refractivity contribution in [3.63, 3.8) is 0 Å². The summed E-state index contributed by atoms with van der Waals surface area (Å²) in [6.07, 6.45) is -4.65. The number of esters is 1. The van der Waals surface area contributed by atoms with Gasteiger partial charge in [0.25, 0.3) is 0 Å². The van der Waals surface area contributed by atoms with E-state index in [0.29, 0.717) is 6.42 Å². The fourth-order valence-electron chi connectivity index (χ4n) is 1.52. The molecule has 25 heavy (non-hydrogen) atoms. The molecule has 7 nitrogen and oxygen atoms in total. The molecule has 140 valence electrons. The summed E-state index contributed by atoms with van der Waals surface area (Å²) in [7, 11) is 1.27. The summed E-state index contributed by atoms with van der Waals surface area (Å²) in [5, 5.41) is 9.64. The summed E-state index contributed by atoms with van der Waals surface area (Å²) in [6.45, 7) is 1.55. The van der Waals surface area contributed by atoms with Crippen molar-refractivity contribution in [2.24, 2.45) is 5.73 Å². The van der Waals surface area contributed by atoms with Crippen molar-refractivity contribution < 1.29 is 37.4 Å². The van der Waals surface area contributed by atoms with Crippen molar-refractivity contribution in [1.29, 1.82) is 0 Å². The molecule has 1 amide bonds. The first-order chi connectivity index (χ1) is 11.5. The topological polar surface area (TPSA) is 119 Å². The van der Waals surface area contributed by atoms with Crippen LogP contribution in [0.25, 0.3) is 0 Å². The number of rotatable bonds is 5. The van der Waals surface area contributed by atoms with Gasteiger partial charge in [-0.3, -0.25) is 4.79 Å². The minimum atomic E-state index is -5.08. The molecule has 0 aliphatic rings. The lowest BCUT2D eigenvalue weighted by Crippen LogP contribution is -2.48. The van der Waals surface area contributed by atoms with Crippen LogP contribution in [0.1, 0.15) is 12.5 Å². The number of carboxylic acids is 1. The summed E-state index contributed by atoms with van der Waals surface area (Å²) in [5.41, 5.74) is 6.75. The van der Waals surface area contributed by atoms with Crippen LogP contribution >= 0.6 is 0 Å². The van der Waals surface area contributed by atoms with Crippen LogP contribution in [-0.4, -0.2) is 48.3 Å². The summed E-state index contributed by atoms with van der Waals surface area (Å²) in [5.74, 6) is -3.61. The lowest BCUT2D eigenvalue weighted by atomic mass is 10.1. The average molecular weight is 364 g/mol. The Labute approximate surface area is 142 Å². The van der Waals surface area contributed by atoms with Crippen LogP contribution in [0.15, 0.2) is 30.3 Å². The Balaban J connectivity index is 0.000000697. The molecule has 0 saturated carbocycles. The van der Waals surface area contributed by atoms with E-state index in [-0.39, 0.29) is 5.91 Å². The molecule has 0 saturated heterocycles. The first kappa shape index (κ1) is 22.4. The van der Waals surface area contributed by atoms with Crippen LogP contribution in [0.2, 0.25) is 0 Å². The standard InChI is InChI=1S/C13H18N2O3.C2HF3O2/c1-9(13(17)18-2)15-12(16)11(14)8-10-6-4-3-5-7-10;3-2(4,5)1(6)7/h3-7,9,11H,8,14H2,1-2H3,(H,15,16);(H,6,7)/t9-,11-;/m0./s1. The molecule has 0 aromatic heterocycles. The number of nitrogens with two attached hydrogens (primary N) is 1. The summed E-state index contributed by atoms with van der Waals surface area (Å²) >= 11 is 0. The Kier molecular flexibility index (Phi) is 9.21. The third kappa shape index (κ3) is 9.30. The maximum Gasteiger partial charge on any atom is 0.490 e. The van der Waals surface area contributed by atoms with Crippen molar-refractivity contribution in [3.8, 4) is 0 Å². The zero-order valence-electron chi connectivity index (χ0n) is 13.5. The van der Waals surface area contributed by atoms with Crippen LogP contribution in [-0.2, 0) is 25.5 Å². The van der Waals surface area contributed by atoms with E-state index in [1.54, 1.807) is 6.92 Å². The highest BCUT2D eigenvalue weighted by Crippen LogP contribution is 2.13. The van der Waals surface area contributed by atoms with Crippen molar-refractivity contribution in [3.05, 3.63) is 35.9 Å². The van der Waals surface area contributed by atoms with E-state index >= 15 is 0 Å². The van der Waals surface area contributed by atoms with E-state index in [4.69, 9.17) is 15.6 Å². The molecular weight excluding hydrogens is 345 g/mol. The molecule has 0 unspecified atom stereocenters. The third-order valence-corrected chi connectivity index (χ3v) is 2.79. The predicted molar refractivity (Wildman–Crippen MR) is 81.4 cm³/mol. The lowest BCUT2D eigenvalue weighted by Gasteiger charge is -2.15. The Morgan fingerprint density at radius 2 is 1.72 bits per heavy atom.